The molecule has 0 radical (unpaired) electrons. The van der Waals surface area contributed by atoms with E-state index in [9.17, 15) is 10.1 Å². The summed E-state index contributed by atoms with van der Waals surface area (Å²) in [6, 6.07) is 8.77. The van der Waals surface area contributed by atoms with Crippen molar-refractivity contribution in [3.63, 3.8) is 0 Å². The summed E-state index contributed by atoms with van der Waals surface area (Å²) in [5.41, 5.74) is 2.01. The zero-order chi connectivity index (χ0) is 21.1. The minimum Gasteiger partial charge on any atom is -0.493 e. The summed E-state index contributed by atoms with van der Waals surface area (Å²) >= 11 is 0. The zero-order valence-electron chi connectivity index (χ0n) is 16.3. The minimum absolute atomic E-state index is 0.0382. The number of hydrogen-bond donors (Lipinski definition) is 2. The highest BCUT2D eigenvalue weighted by Gasteiger charge is 2.31. The average Bonchev–Trinajstić information content (AvgIpc) is 3.50. The lowest BCUT2D eigenvalue weighted by Crippen LogP contribution is -2.11. The van der Waals surface area contributed by atoms with Gasteiger partial charge in [0.2, 0.25) is 5.95 Å². The lowest BCUT2D eigenvalue weighted by molar-refractivity contribution is 0.0697. The summed E-state index contributed by atoms with van der Waals surface area (Å²) in [7, 11) is 1.54. The third-order valence-corrected chi connectivity index (χ3v) is 4.99. The van der Waals surface area contributed by atoms with E-state index < -0.39 is 5.97 Å². The van der Waals surface area contributed by atoms with E-state index in [0.717, 1.165) is 18.4 Å². The first-order chi connectivity index (χ1) is 14.6. The van der Waals surface area contributed by atoms with Crippen LogP contribution in [0.2, 0.25) is 0 Å². The van der Waals surface area contributed by atoms with Gasteiger partial charge in [0.15, 0.2) is 5.75 Å². The van der Waals surface area contributed by atoms with Crippen molar-refractivity contribution in [3.8, 4) is 23.1 Å². The number of aromatic nitrogens is 4. The summed E-state index contributed by atoms with van der Waals surface area (Å²) in [6.45, 7) is 0.543. The molecule has 9 heteroatoms. The Bertz CT molecular complexity index is 1120. The second kappa shape index (κ2) is 8.21. The smallest absolute Gasteiger partial charge is 0.335 e. The third kappa shape index (κ3) is 4.22. The number of anilines is 2. The summed E-state index contributed by atoms with van der Waals surface area (Å²) in [6.07, 6.45) is 7.27. The fraction of sp³-hybridized carbons (Fsp3) is 0.286. The van der Waals surface area contributed by atoms with Crippen molar-refractivity contribution in [1.29, 1.82) is 5.26 Å². The van der Waals surface area contributed by atoms with E-state index >= 15 is 0 Å². The first-order valence-corrected chi connectivity index (χ1v) is 9.51. The standard InChI is InChI=1S/C21H20N6O3/c1-30-18-10-23-21(25-17-4-2-3-14(7-17)20(28)29)26-19(18)16-9-24-27(12-16)11-15(8-22)13-5-6-13/h2-4,7,9-10,12-13,15H,5-6,11H2,1H3,(H,28,29)(H,23,25,26). The molecule has 1 atom stereocenters. The van der Waals surface area contributed by atoms with Gasteiger partial charge in [0, 0.05) is 17.4 Å². The molecule has 1 fully saturated rings. The predicted octanol–water partition coefficient (Wildman–Crippen LogP) is 3.34. The zero-order valence-corrected chi connectivity index (χ0v) is 16.3. The van der Waals surface area contributed by atoms with Gasteiger partial charge < -0.3 is 15.2 Å². The molecule has 30 heavy (non-hydrogen) atoms. The Morgan fingerprint density at radius 1 is 1.43 bits per heavy atom. The summed E-state index contributed by atoms with van der Waals surface area (Å²) in [5.74, 6) is 0.203. The summed E-state index contributed by atoms with van der Waals surface area (Å²) in [5, 5.41) is 25.9. The number of carbonyl (C=O) groups is 1. The highest BCUT2D eigenvalue weighted by atomic mass is 16.5. The average molecular weight is 404 g/mol. The van der Waals surface area contributed by atoms with Crippen LogP contribution in [0, 0.1) is 23.2 Å². The molecule has 0 spiro atoms. The highest BCUT2D eigenvalue weighted by Crippen LogP contribution is 2.37. The molecule has 9 nitrogen and oxygen atoms in total. The molecular weight excluding hydrogens is 384 g/mol. The van der Waals surface area contributed by atoms with Gasteiger partial charge in [0.05, 0.1) is 43.6 Å². The molecule has 4 rings (SSSR count). The number of carboxylic acids is 1. The van der Waals surface area contributed by atoms with Crippen molar-refractivity contribution in [2.24, 2.45) is 11.8 Å². The van der Waals surface area contributed by atoms with Crippen LogP contribution in [0.3, 0.4) is 0 Å². The van der Waals surface area contributed by atoms with Crippen LogP contribution in [-0.4, -0.2) is 37.9 Å². The maximum Gasteiger partial charge on any atom is 0.335 e. The number of nitrogens with zero attached hydrogens (tertiary/aromatic N) is 5. The lowest BCUT2D eigenvalue weighted by Gasteiger charge is -2.10. The number of rotatable bonds is 8. The number of nitriles is 1. The van der Waals surface area contributed by atoms with Gasteiger partial charge in [0.25, 0.3) is 0 Å². The highest BCUT2D eigenvalue weighted by molar-refractivity contribution is 5.89. The Kier molecular flexibility index (Phi) is 5.30. The molecule has 152 valence electrons. The van der Waals surface area contributed by atoms with Crippen molar-refractivity contribution in [2.45, 2.75) is 19.4 Å². The molecule has 0 saturated heterocycles. The van der Waals surface area contributed by atoms with E-state index in [1.165, 1.54) is 19.2 Å². The van der Waals surface area contributed by atoms with Crippen molar-refractivity contribution in [3.05, 3.63) is 48.4 Å². The Hall–Kier alpha value is -3.93. The monoisotopic (exact) mass is 404 g/mol. The molecule has 2 N–H and O–H groups in total. The number of nitrogens with one attached hydrogen (secondary N) is 1. The quantitative estimate of drug-likeness (QED) is 0.585. The maximum absolute atomic E-state index is 11.2. The number of aromatic carboxylic acids is 1. The van der Waals surface area contributed by atoms with Crippen LogP contribution in [-0.2, 0) is 6.54 Å². The van der Waals surface area contributed by atoms with Crippen LogP contribution in [0.25, 0.3) is 11.3 Å². The van der Waals surface area contributed by atoms with E-state index in [2.05, 4.69) is 26.5 Å². The van der Waals surface area contributed by atoms with Gasteiger partial charge in [-0.25, -0.2) is 14.8 Å². The molecule has 2 aromatic heterocycles. The first kappa shape index (κ1) is 19.4. The van der Waals surface area contributed by atoms with E-state index in [4.69, 9.17) is 9.84 Å². The molecule has 3 aromatic rings. The maximum atomic E-state index is 11.2. The number of carboxylic acid groups (broad SMARTS) is 1. The molecule has 1 aliphatic rings. The largest absolute Gasteiger partial charge is 0.493 e. The molecule has 1 unspecified atom stereocenters. The van der Waals surface area contributed by atoms with Crippen LogP contribution in [0.15, 0.2) is 42.9 Å². The van der Waals surface area contributed by atoms with Gasteiger partial charge in [-0.1, -0.05) is 6.07 Å². The SMILES string of the molecule is COc1cnc(Nc2cccc(C(=O)O)c2)nc1-c1cnn(CC(C#N)C2CC2)c1. The molecular formula is C21H20N6O3. The summed E-state index contributed by atoms with van der Waals surface area (Å²) in [4.78, 5) is 19.9. The van der Waals surface area contributed by atoms with Crippen LogP contribution in [0.4, 0.5) is 11.6 Å². The number of hydrogen-bond acceptors (Lipinski definition) is 7. The van der Waals surface area contributed by atoms with E-state index in [1.807, 2.05) is 6.20 Å². The normalized spacial score (nSPS) is 14.0. The van der Waals surface area contributed by atoms with Crippen LogP contribution in [0.5, 0.6) is 5.75 Å². The Morgan fingerprint density at radius 2 is 2.27 bits per heavy atom. The van der Waals surface area contributed by atoms with Crippen LogP contribution < -0.4 is 10.1 Å². The second-order valence-electron chi connectivity index (χ2n) is 7.15. The van der Waals surface area contributed by atoms with Gasteiger partial charge in [-0.05, 0) is 37.0 Å². The molecule has 2 heterocycles. The van der Waals surface area contributed by atoms with Gasteiger partial charge in [0.1, 0.15) is 5.69 Å². The number of benzene rings is 1. The topological polar surface area (TPSA) is 126 Å². The van der Waals surface area contributed by atoms with Gasteiger partial charge >= 0.3 is 5.97 Å². The minimum atomic E-state index is -1.01. The molecule has 0 aliphatic heterocycles. The molecule has 1 saturated carbocycles. The van der Waals surface area contributed by atoms with Crippen LogP contribution in [0.1, 0.15) is 23.2 Å². The number of ether oxygens (including phenoxy) is 1. The summed E-state index contributed by atoms with van der Waals surface area (Å²) < 4.78 is 7.15. The molecule has 0 bridgehead atoms. The lowest BCUT2D eigenvalue weighted by atomic mass is 10.1. The first-order valence-electron chi connectivity index (χ1n) is 9.51. The van der Waals surface area contributed by atoms with Crippen LogP contribution >= 0.6 is 0 Å². The Balaban J connectivity index is 1.58. The van der Waals surface area contributed by atoms with Crippen molar-refractivity contribution >= 4 is 17.6 Å². The fourth-order valence-electron chi connectivity index (χ4n) is 3.23. The van der Waals surface area contributed by atoms with Crippen molar-refractivity contribution in [1.82, 2.24) is 19.7 Å². The second-order valence-corrected chi connectivity index (χ2v) is 7.15. The molecule has 1 aliphatic carbocycles. The fourth-order valence-corrected chi connectivity index (χ4v) is 3.23. The van der Waals surface area contributed by atoms with Crippen molar-refractivity contribution < 1.29 is 14.6 Å². The Morgan fingerprint density at radius 3 is 2.97 bits per heavy atom. The Labute approximate surface area is 173 Å². The van der Waals surface area contributed by atoms with E-state index in [1.54, 1.807) is 29.2 Å². The van der Waals surface area contributed by atoms with E-state index in [-0.39, 0.29) is 11.5 Å². The number of methoxy groups -OCH3 is 1. The van der Waals surface area contributed by atoms with Gasteiger partial charge in [-0.3, -0.25) is 4.68 Å². The molecule has 1 aromatic carbocycles. The van der Waals surface area contributed by atoms with Crippen molar-refractivity contribution in [2.75, 3.05) is 12.4 Å². The van der Waals surface area contributed by atoms with Gasteiger partial charge in [-0.2, -0.15) is 10.4 Å². The van der Waals surface area contributed by atoms with Gasteiger partial charge in [-0.15, -0.1) is 0 Å². The van der Waals surface area contributed by atoms with E-state index in [0.29, 0.717) is 35.5 Å². The molecule has 0 amide bonds. The predicted molar refractivity (Wildman–Crippen MR) is 108 cm³/mol. The third-order valence-electron chi connectivity index (χ3n) is 4.99.